The number of hydrogen-bond donors (Lipinski definition) is 2. The minimum Gasteiger partial charge on any atom is -0.271 e. The molecule has 1 aliphatic rings. The van der Waals surface area contributed by atoms with E-state index in [0.717, 1.165) is 12.1 Å². The van der Waals surface area contributed by atoms with Gasteiger partial charge >= 0.3 is 6.18 Å². The van der Waals surface area contributed by atoms with Crippen molar-refractivity contribution < 1.29 is 13.2 Å². The van der Waals surface area contributed by atoms with Gasteiger partial charge in [-0.15, -0.1) is 0 Å². The second-order valence-electron chi connectivity index (χ2n) is 5.19. The third-order valence-corrected chi connectivity index (χ3v) is 4.01. The Morgan fingerprint density at radius 1 is 1.47 bits per heavy atom. The van der Waals surface area contributed by atoms with Crippen LogP contribution in [-0.4, -0.2) is 16.0 Å². The van der Waals surface area contributed by atoms with Crippen LogP contribution < -0.4 is 11.3 Å². The lowest BCUT2D eigenvalue weighted by Gasteiger charge is -2.35. The quantitative estimate of drug-likeness (QED) is 0.658. The molecule has 0 aromatic carbocycles. The molecule has 0 amide bonds. The zero-order valence-corrected chi connectivity index (χ0v) is 10.8. The van der Waals surface area contributed by atoms with Gasteiger partial charge in [-0.3, -0.25) is 16.0 Å². The Bertz CT molecular complexity index is 415. The SMILES string of the molecule is Cn1nccc1C(NN)C1CCCC(C(F)(F)F)C1. The highest BCUT2D eigenvalue weighted by Gasteiger charge is 2.43. The van der Waals surface area contributed by atoms with Gasteiger partial charge < -0.3 is 0 Å². The number of halogens is 3. The van der Waals surface area contributed by atoms with Crippen LogP contribution in [0.2, 0.25) is 0 Å². The molecule has 1 aliphatic carbocycles. The summed E-state index contributed by atoms with van der Waals surface area (Å²) in [5, 5.41) is 4.05. The highest BCUT2D eigenvalue weighted by molar-refractivity contribution is 5.08. The van der Waals surface area contributed by atoms with E-state index in [0.29, 0.717) is 6.42 Å². The standard InChI is InChI=1S/C12H19F3N4/c1-19-10(5-6-17-19)11(18-16)8-3-2-4-9(7-8)12(13,14)15/h5-6,8-9,11,18H,2-4,7,16H2,1H3. The molecule has 0 spiro atoms. The predicted molar refractivity (Wildman–Crippen MR) is 64.8 cm³/mol. The molecule has 1 saturated carbocycles. The molecule has 7 heteroatoms. The molecule has 3 atom stereocenters. The average Bonchev–Trinajstić information content (AvgIpc) is 2.76. The molecule has 1 aromatic rings. The van der Waals surface area contributed by atoms with E-state index in [9.17, 15) is 13.2 Å². The van der Waals surface area contributed by atoms with Gasteiger partial charge in [-0.05, 0) is 31.2 Å². The molecular weight excluding hydrogens is 257 g/mol. The fourth-order valence-electron chi connectivity index (χ4n) is 2.98. The van der Waals surface area contributed by atoms with Crippen LogP contribution >= 0.6 is 0 Å². The normalized spacial score (nSPS) is 26.4. The summed E-state index contributed by atoms with van der Waals surface area (Å²) in [7, 11) is 1.77. The zero-order chi connectivity index (χ0) is 14.0. The van der Waals surface area contributed by atoms with E-state index < -0.39 is 12.1 Å². The number of hydrogen-bond acceptors (Lipinski definition) is 3. The summed E-state index contributed by atoms with van der Waals surface area (Å²) in [4.78, 5) is 0. The summed E-state index contributed by atoms with van der Waals surface area (Å²) in [6.45, 7) is 0. The Morgan fingerprint density at radius 3 is 2.74 bits per heavy atom. The Kier molecular flexibility index (Phi) is 4.15. The molecular formula is C12H19F3N4. The first-order chi connectivity index (χ1) is 8.93. The van der Waals surface area contributed by atoms with E-state index in [4.69, 9.17) is 5.84 Å². The number of alkyl halides is 3. The third-order valence-electron chi connectivity index (χ3n) is 4.01. The minimum absolute atomic E-state index is 0.110. The first kappa shape index (κ1) is 14.3. The Labute approximate surface area is 110 Å². The molecule has 2 rings (SSSR count). The summed E-state index contributed by atoms with van der Waals surface area (Å²) in [6.07, 6.45) is -0.780. The van der Waals surface area contributed by atoms with Crippen molar-refractivity contribution in [3.63, 3.8) is 0 Å². The van der Waals surface area contributed by atoms with E-state index >= 15 is 0 Å². The molecule has 3 unspecified atom stereocenters. The maximum atomic E-state index is 12.8. The molecule has 1 fully saturated rings. The number of nitrogens with zero attached hydrogens (tertiary/aromatic N) is 2. The summed E-state index contributed by atoms with van der Waals surface area (Å²) >= 11 is 0. The zero-order valence-electron chi connectivity index (χ0n) is 10.8. The number of nitrogens with two attached hydrogens (primary N) is 1. The van der Waals surface area contributed by atoms with Gasteiger partial charge in [0.05, 0.1) is 17.7 Å². The Hall–Kier alpha value is -1.08. The Balaban J connectivity index is 2.13. The van der Waals surface area contributed by atoms with Crippen LogP contribution in [0, 0.1) is 11.8 Å². The van der Waals surface area contributed by atoms with E-state index in [1.165, 1.54) is 0 Å². The van der Waals surface area contributed by atoms with E-state index in [-0.39, 0.29) is 24.8 Å². The average molecular weight is 276 g/mol. The largest absolute Gasteiger partial charge is 0.391 e. The second kappa shape index (κ2) is 5.50. The highest BCUT2D eigenvalue weighted by Crippen LogP contribution is 2.43. The first-order valence-electron chi connectivity index (χ1n) is 6.44. The molecule has 19 heavy (non-hydrogen) atoms. The number of aryl methyl sites for hydroxylation is 1. The summed E-state index contributed by atoms with van der Waals surface area (Å²) in [5.74, 6) is 4.22. The molecule has 108 valence electrons. The van der Waals surface area contributed by atoms with E-state index in [1.54, 1.807) is 24.0 Å². The van der Waals surface area contributed by atoms with Gasteiger partial charge in [-0.2, -0.15) is 18.3 Å². The molecule has 0 aliphatic heterocycles. The lowest BCUT2D eigenvalue weighted by atomic mass is 9.77. The van der Waals surface area contributed by atoms with Crippen molar-refractivity contribution in [3.8, 4) is 0 Å². The first-order valence-corrected chi connectivity index (χ1v) is 6.44. The van der Waals surface area contributed by atoms with Crippen LogP contribution in [0.15, 0.2) is 12.3 Å². The predicted octanol–water partition coefficient (Wildman–Crippen LogP) is 2.29. The smallest absolute Gasteiger partial charge is 0.271 e. The van der Waals surface area contributed by atoms with Crippen LogP contribution in [0.5, 0.6) is 0 Å². The van der Waals surface area contributed by atoms with Gasteiger partial charge in [-0.25, -0.2) is 0 Å². The molecule has 3 N–H and O–H groups in total. The molecule has 4 nitrogen and oxygen atoms in total. The number of nitrogens with one attached hydrogen (secondary N) is 1. The van der Waals surface area contributed by atoms with Crippen LogP contribution in [-0.2, 0) is 7.05 Å². The van der Waals surface area contributed by atoms with E-state index in [2.05, 4.69) is 10.5 Å². The van der Waals surface area contributed by atoms with Crippen LogP contribution in [0.1, 0.15) is 37.4 Å². The molecule has 0 bridgehead atoms. The van der Waals surface area contributed by atoms with Crippen molar-refractivity contribution in [1.29, 1.82) is 0 Å². The Morgan fingerprint density at radius 2 is 2.21 bits per heavy atom. The van der Waals surface area contributed by atoms with Crippen LogP contribution in [0.4, 0.5) is 13.2 Å². The van der Waals surface area contributed by atoms with Crippen molar-refractivity contribution in [2.75, 3.05) is 0 Å². The third kappa shape index (κ3) is 3.09. The van der Waals surface area contributed by atoms with Gasteiger partial charge in [0.2, 0.25) is 0 Å². The maximum absolute atomic E-state index is 12.8. The van der Waals surface area contributed by atoms with Crippen LogP contribution in [0.3, 0.4) is 0 Å². The van der Waals surface area contributed by atoms with Crippen LogP contribution in [0.25, 0.3) is 0 Å². The fraction of sp³-hybridized carbons (Fsp3) is 0.750. The van der Waals surface area contributed by atoms with Crippen molar-refractivity contribution in [1.82, 2.24) is 15.2 Å². The molecule has 1 aromatic heterocycles. The lowest BCUT2D eigenvalue weighted by Crippen LogP contribution is -2.39. The monoisotopic (exact) mass is 276 g/mol. The number of hydrazine groups is 1. The number of aromatic nitrogens is 2. The molecule has 0 saturated heterocycles. The van der Waals surface area contributed by atoms with Crippen molar-refractivity contribution >= 4 is 0 Å². The fourth-order valence-corrected chi connectivity index (χ4v) is 2.98. The highest BCUT2D eigenvalue weighted by atomic mass is 19.4. The summed E-state index contributed by atoms with van der Waals surface area (Å²) in [5.41, 5.74) is 3.49. The molecule has 0 radical (unpaired) electrons. The van der Waals surface area contributed by atoms with Crippen molar-refractivity contribution in [3.05, 3.63) is 18.0 Å². The van der Waals surface area contributed by atoms with Gasteiger partial charge in [0.1, 0.15) is 0 Å². The van der Waals surface area contributed by atoms with Gasteiger partial charge in [0.25, 0.3) is 0 Å². The summed E-state index contributed by atoms with van der Waals surface area (Å²) < 4.78 is 40.2. The van der Waals surface area contributed by atoms with Crippen molar-refractivity contribution in [2.45, 2.75) is 37.9 Å². The van der Waals surface area contributed by atoms with E-state index in [1.807, 2.05) is 0 Å². The van der Waals surface area contributed by atoms with Crippen molar-refractivity contribution in [2.24, 2.45) is 24.7 Å². The van der Waals surface area contributed by atoms with Gasteiger partial charge in [-0.1, -0.05) is 6.42 Å². The van der Waals surface area contributed by atoms with Gasteiger partial charge in [0.15, 0.2) is 0 Å². The topological polar surface area (TPSA) is 55.9 Å². The maximum Gasteiger partial charge on any atom is 0.391 e. The number of rotatable bonds is 3. The summed E-state index contributed by atoms with van der Waals surface area (Å²) in [6, 6.07) is 1.51. The lowest BCUT2D eigenvalue weighted by molar-refractivity contribution is -0.186. The van der Waals surface area contributed by atoms with Gasteiger partial charge in [0, 0.05) is 13.2 Å². The molecule has 1 heterocycles. The second-order valence-corrected chi connectivity index (χ2v) is 5.19. The minimum atomic E-state index is -4.11.